The summed E-state index contributed by atoms with van der Waals surface area (Å²) < 4.78 is 40.7. The number of pyridine rings is 1. The fourth-order valence-electron chi connectivity index (χ4n) is 1.96. The van der Waals surface area contributed by atoms with Crippen LogP contribution in [0.5, 0.6) is 5.88 Å². The Morgan fingerprint density at radius 2 is 1.71 bits per heavy atom. The number of aromatic nitrogens is 3. The van der Waals surface area contributed by atoms with Crippen molar-refractivity contribution >= 4 is 22.6 Å². The first-order chi connectivity index (χ1) is 9.99. The number of halogens is 4. The summed E-state index contributed by atoms with van der Waals surface area (Å²) in [5.41, 5.74) is -0.981. The van der Waals surface area contributed by atoms with E-state index in [4.69, 9.17) is 11.6 Å². The van der Waals surface area contributed by atoms with Gasteiger partial charge >= 0.3 is 0 Å². The lowest BCUT2D eigenvalue weighted by atomic mass is 10.0. The lowest BCUT2D eigenvalue weighted by Gasteiger charge is -2.10. The molecule has 3 aromatic rings. The van der Waals surface area contributed by atoms with Gasteiger partial charge in [0, 0.05) is 18.3 Å². The zero-order valence-electron chi connectivity index (χ0n) is 10.1. The molecule has 1 aromatic carbocycles. The predicted molar refractivity (Wildman–Crippen MR) is 69.3 cm³/mol. The maximum Gasteiger partial charge on any atom is 0.222 e. The number of fused-ring (bicyclic) bond motifs is 1. The van der Waals surface area contributed by atoms with Crippen LogP contribution in [-0.2, 0) is 0 Å². The molecular weight excluding hydrogens is 307 g/mol. The number of aromatic hydroxyl groups is 1. The molecule has 1 N–H and O–H groups in total. The summed E-state index contributed by atoms with van der Waals surface area (Å²) in [5, 5.41) is 9.90. The number of benzene rings is 1. The Kier molecular flexibility index (Phi) is 3.13. The minimum Gasteiger partial charge on any atom is -0.493 e. The zero-order valence-corrected chi connectivity index (χ0v) is 10.9. The summed E-state index contributed by atoms with van der Waals surface area (Å²) in [7, 11) is 0. The van der Waals surface area contributed by atoms with Crippen molar-refractivity contribution in [2.24, 2.45) is 0 Å². The van der Waals surface area contributed by atoms with Crippen LogP contribution in [-0.4, -0.2) is 20.1 Å². The van der Waals surface area contributed by atoms with Crippen molar-refractivity contribution in [1.82, 2.24) is 15.0 Å². The molecule has 106 valence electrons. The number of hydrogen-bond donors (Lipinski definition) is 1. The molecule has 21 heavy (non-hydrogen) atoms. The van der Waals surface area contributed by atoms with Crippen LogP contribution in [0.1, 0.15) is 0 Å². The molecule has 0 aliphatic rings. The molecular formula is C13H5ClF3N3O. The largest absolute Gasteiger partial charge is 0.493 e. The van der Waals surface area contributed by atoms with Gasteiger partial charge in [-0.05, 0) is 0 Å². The van der Waals surface area contributed by atoms with Crippen LogP contribution in [0.2, 0.25) is 5.02 Å². The van der Waals surface area contributed by atoms with Crippen molar-refractivity contribution < 1.29 is 18.3 Å². The maximum atomic E-state index is 13.8. The molecule has 4 nitrogen and oxygen atoms in total. The molecule has 0 radical (unpaired) electrons. The zero-order chi connectivity index (χ0) is 15.1. The molecule has 3 rings (SSSR count). The molecule has 0 atom stereocenters. The van der Waals surface area contributed by atoms with Gasteiger partial charge in [0.05, 0.1) is 21.5 Å². The van der Waals surface area contributed by atoms with E-state index in [9.17, 15) is 18.3 Å². The number of rotatable bonds is 1. The first kappa shape index (κ1) is 13.6. The highest BCUT2D eigenvalue weighted by molar-refractivity contribution is 6.38. The molecule has 2 aromatic heterocycles. The third-order valence-corrected chi connectivity index (χ3v) is 3.23. The van der Waals surface area contributed by atoms with E-state index < -0.39 is 28.9 Å². The second kappa shape index (κ2) is 4.85. The van der Waals surface area contributed by atoms with Gasteiger partial charge in [0.1, 0.15) is 23.8 Å². The number of nitrogens with zero attached hydrogens (tertiary/aromatic N) is 3. The Morgan fingerprint density at radius 3 is 2.38 bits per heavy atom. The fraction of sp³-hybridized carbons (Fsp3) is 0. The van der Waals surface area contributed by atoms with Crippen molar-refractivity contribution in [1.29, 1.82) is 0 Å². The van der Waals surface area contributed by atoms with E-state index >= 15 is 0 Å². The van der Waals surface area contributed by atoms with E-state index in [2.05, 4.69) is 15.0 Å². The highest BCUT2D eigenvalue weighted by Gasteiger charge is 2.23. The summed E-state index contributed by atoms with van der Waals surface area (Å²) in [6.07, 6.45) is 2.48. The second-order valence-corrected chi connectivity index (χ2v) is 4.51. The van der Waals surface area contributed by atoms with Gasteiger partial charge in [-0.15, -0.1) is 0 Å². The SMILES string of the molecule is Oc1nc2ncncc2c(Cl)c1-c1c(F)cc(F)cc1F. The van der Waals surface area contributed by atoms with Gasteiger partial charge < -0.3 is 5.11 Å². The normalized spacial score (nSPS) is 11.0. The average Bonchev–Trinajstić information content (AvgIpc) is 2.41. The maximum absolute atomic E-state index is 13.8. The van der Waals surface area contributed by atoms with E-state index in [1.165, 1.54) is 12.5 Å². The molecule has 0 saturated carbocycles. The van der Waals surface area contributed by atoms with Crippen LogP contribution >= 0.6 is 11.6 Å². The molecule has 0 saturated heterocycles. The van der Waals surface area contributed by atoms with Gasteiger partial charge in [0.25, 0.3) is 0 Å². The van der Waals surface area contributed by atoms with Crippen molar-refractivity contribution in [3.8, 4) is 17.0 Å². The molecule has 0 unspecified atom stereocenters. The average molecular weight is 312 g/mol. The van der Waals surface area contributed by atoms with Crippen LogP contribution in [0.15, 0.2) is 24.7 Å². The molecule has 0 bridgehead atoms. The van der Waals surface area contributed by atoms with Gasteiger partial charge in [0.15, 0.2) is 5.65 Å². The summed E-state index contributed by atoms with van der Waals surface area (Å²) in [5.74, 6) is -4.21. The highest BCUT2D eigenvalue weighted by Crippen LogP contribution is 2.40. The van der Waals surface area contributed by atoms with Crippen LogP contribution in [0.3, 0.4) is 0 Å². The van der Waals surface area contributed by atoms with Crippen LogP contribution in [0.25, 0.3) is 22.2 Å². The van der Waals surface area contributed by atoms with E-state index in [0.717, 1.165) is 0 Å². The quantitative estimate of drug-likeness (QED) is 0.747. The topological polar surface area (TPSA) is 58.9 Å². The molecule has 8 heteroatoms. The fourth-order valence-corrected chi connectivity index (χ4v) is 2.27. The van der Waals surface area contributed by atoms with Gasteiger partial charge in [-0.1, -0.05) is 11.6 Å². The Bertz CT molecular complexity index is 850. The standard InChI is InChI=1S/C13H5ClF3N3O/c14-11-6-3-18-4-19-12(6)20-13(21)10(11)9-7(16)1-5(15)2-8(9)17/h1-4H,(H,18,19,20,21). The third-order valence-electron chi connectivity index (χ3n) is 2.84. The van der Waals surface area contributed by atoms with E-state index in [0.29, 0.717) is 12.1 Å². The molecule has 0 spiro atoms. The second-order valence-electron chi connectivity index (χ2n) is 4.13. The lowest BCUT2D eigenvalue weighted by Crippen LogP contribution is -1.97. The van der Waals surface area contributed by atoms with Crippen LogP contribution in [0.4, 0.5) is 13.2 Å². The highest BCUT2D eigenvalue weighted by atomic mass is 35.5. The van der Waals surface area contributed by atoms with E-state index in [1.807, 2.05) is 0 Å². The monoisotopic (exact) mass is 311 g/mol. The van der Waals surface area contributed by atoms with Gasteiger partial charge in [-0.3, -0.25) is 0 Å². The van der Waals surface area contributed by atoms with Crippen molar-refractivity contribution in [3.05, 3.63) is 47.1 Å². The van der Waals surface area contributed by atoms with Gasteiger partial charge in [-0.2, -0.15) is 4.98 Å². The summed E-state index contributed by atoms with van der Waals surface area (Å²) >= 11 is 6.06. The summed E-state index contributed by atoms with van der Waals surface area (Å²) in [6.45, 7) is 0. The molecule has 0 fully saturated rings. The molecule has 2 heterocycles. The Hall–Kier alpha value is -2.41. The number of hydrogen-bond acceptors (Lipinski definition) is 4. The van der Waals surface area contributed by atoms with Crippen LogP contribution in [0, 0.1) is 17.5 Å². The minimum atomic E-state index is -1.21. The summed E-state index contributed by atoms with van der Waals surface area (Å²) in [6, 6.07) is 0.972. The lowest BCUT2D eigenvalue weighted by molar-refractivity contribution is 0.456. The minimum absolute atomic E-state index is 0.0687. The Balaban J connectivity index is 2.41. The Labute approximate surface area is 120 Å². The molecule has 0 amide bonds. The smallest absolute Gasteiger partial charge is 0.222 e. The third kappa shape index (κ3) is 2.15. The molecule has 0 aliphatic carbocycles. The van der Waals surface area contributed by atoms with Crippen molar-refractivity contribution in [2.75, 3.05) is 0 Å². The predicted octanol–water partition coefficient (Wildman–Crippen LogP) is 3.47. The van der Waals surface area contributed by atoms with Crippen molar-refractivity contribution in [2.45, 2.75) is 0 Å². The van der Waals surface area contributed by atoms with Gasteiger partial charge in [0.2, 0.25) is 5.88 Å². The van der Waals surface area contributed by atoms with Crippen molar-refractivity contribution in [3.63, 3.8) is 0 Å². The van der Waals surface area contributed by atoms with Crippen LogP contribution < -0.4 is 0 Å². The summed E-state index contributed by atoms with van der Waals surface area (Å²) in [4.78, 5) is 11.2. The first-order valence-electron chi connectivity index (χ1n) is 5.62. The Morgan fingerprint density at radius 1 is 1.05 bits per heavy atom. The first-order valence-corrected chi connectivity index (χ1v) is 6.00. The molecule has 0 aliphatic heterocycles. The van der Waals surface area contributed by atoms with E-state index in [-0.39, 0.29) is 21.6 Å². The van der Waals surface area contributed by atoms with Gasteiger partial charge in [-0.25, -0.2) is 23.1 Å². The van der Waals surface area contributed by atoms with E-state index in [1.54, 1.807) is 0 Å².